The Morgan fingerprint density at radius 2 is 1.33 bits per heavy atom. The molecule has 3 aromatic rings. The van der Waals surface area contributed by atoms with Crippen LogP contribution in [0.1, 0.15) is 94.3 Å². The van der Waals surface area contributed by atoms with E-state index in [1.54, 1.807) is 0 Å². The van der Waals surface area contributed by atoms with Crippen LogP contribution in [0, 0.1) is 0 Å². The average Bonchev–Trinajstić information content (AvgIpc) is 2.85. The van der Waals surface area contributed by atoms with Crippen LogP contribution < -0.4 is 5.43 Å². The smallest absolute Gasteiger partial charge is 0.238 e. The molecule has 0 spiro atoms. The lowest BCUT2D eigenvalue weighted by Gasteiger charge is -2.11. The molecule has 7 heteroatoms. The zero-order valence-electron chi connectivity index (χ0n) is 20.9. The molecule has 0 amide bonds. The van der Waals surface area contributed by atoms with Crippen LogP contribution in [-0.4, -0.2) is 26.2 Å². The summed E-state index contributed by atoms with van der Waals surface area (Å²) in [7, 11) is 0. The van der Waals surface area contributed by atoms with Crippen LogP contribution in [0.4, 0.5) is 0 Å². The summed E-state index contributed by atoms with van der Waals surface area (Å²) < 4.78 is 5.61. The highest BCUT2D eigenvalue weighted by Gasteiger charge is 2.25. The predicted octanol–water partition coefficient (Wildman–Crippen LogP) is 7.17. The van der Waals surface area contributed by atoms with Crippen molar-refractivity contribution in [2.45, 2.75) is 84.0 Å². The minimum Gasteiger partial charge on any atom is -0.508 e. The molecular formula is C29H36O7. The highest BCUT2D eigenvalue weighted by Crippen LogP contribution is 2.39. The van der Waals surface area contributed by atoms with Crippen molar-refractivity contribution in [1.29, 1.82) is 0 Å². The maximum atomic E-state index is 12.8. The van der Waals surface area contributed by atoms with Crippen LogP contribution in [-0.2, 0) is 0 Å². The van der Waals surface area contributed by atoms with Gasteiger partial charge >= 0.3 is 0 Å². The Kier molecular flexibility index (Phi) is 9.79. The van der Waals surface area contributed by atoms with Gasteiger partial charge in [-0.1, -0.05) is 71.1 Å². The lowest BCUT2D eigenvalue weighted by Crippen LogP contribution is -2.07. The van der Waals surface area contributed by atoms with E-state index >= 15 is 0 Å². The Hall–Kier alpha value is -3.48. The van der Waals surface area contributed by atoms with Crippen molar-refractivity contribution in [3.8, 4) is 34.3 Å². The van der Waals surface area contributed by atoms with Gasteiger partial charge in [0.2, 0.25) is 11.2 Å². The third-order valence-corrected chi connectivity index (χ3v) is 6.53. The number of fused-ring (bicyclic) bond motifs is 1. The van der Waals surface area contributed by atoms with Crippen LogP contribution in [0.3, 0.4) is 0 Å². The van der Waals surface area contributed by atoms with Crippen molar-refractivity contribution in [1.82, 2.24) is 0 Å². The highest BCUT2D eigenvalue weighted by molar-refractivity contribution is 6.06. The summed E-state index contributed by atoms with van der Waals surface area (Å²) in [4.78, 5) is 25.6. The molecule has 7 nitrogen and oxygen atoms in total. The van der Waals surface area contributed by atoms with Crippen LogP contribution >= 0.6 is 0 Å². The molecule has 3 rings (SSSR count). The quantitative estimate of drug-likeness (QED) is 0.138. The summed E-state index contributed by atoms with van der Waals surface area (Å²) in [5, 5.41) is 40.7. The molecule has 1 aromatic heterocycles. The molecule has 1 heterocycles. The van der Waals surface area contributed by atoms with E-state index in [1.165, 1.54) is 69.2 Å². The van der Waals surface area contributed by atoms with Gasteiger partial charge in [-0.3, -0.25) is 9.59 Å². The number of carbonyl (C=O) groups excluding carboxylic acids is 1. The number of hydrogen-bond acceptors (Lipinski definition) is 7. The van der Waals surface area contributed by atoms with E-state index in [0.717, 1.165) is 25.3 Å². The molecule has 0 aliphatic rings. The van der Waals surface area contributed by atoms with Crippen molar-refractivity contribution >= 4 is 16.8 Å². The molecule has 0 fully saturated rings. The molecule has 0 radical (unpaired) electrons. The van der Waals surface area contributed by atoms with Gasteiger partial charge in [0.05, 0.1) is 0 Å². The molecule has 0 aliphatic heterocycles. The standard InChI is InChI=1S/C29H36O7/c1-2-3-4-5-6-7-8-9-10-11-12-13-21(31)24-22(32)18-23-25(26(24)33)27(34)28(35)29(36-23)19-14-16-20(30)17-15-19/h14-18,30,32-33,35H,2-13H2,1H3. The third kappa shape index (κ3) is 6.59. The monoisotopic (exact) mass is 496 g/mol. The summed E-state index contributed by atoms with van der Waals surface area (Å²) in [5.74, 6) is -2.57. The van der Waals surface area contributed by atoms with E-state index < -0.39 is 28.5 Å². The fraction of sp³-hybridized carbons (Fsp3) is 0.448. The second-order valence-corrected chi connectivity index (χ2v) is 9.36. The first-order valence-corrected chi connectivity index (χ1v) is 12.9. The molecule has 0 aliphatic carbocycles. The molecule has 0 saturated heterocycles. The fourth-order valence-electron chi connectivity index (χ4n) is 4.47. The number of rotatable bonds is 14. The van der Waals surface area contributed by atoms with Crippen LogP contribution in [0.5, 0.6) is 23.0 Å². The van der Waals surface area contributed by atoms with Gasteiger partial charge in [0.1, 0.15) is 33.8 Å². The Morgan fingerprint density at radius 1 is 0.778 bits per heavy atom. The number of phenolic OH excluding ortho intramolecular Hbond substituents is 3. The summed E-state index contributed by atoms with van der Waals surface area (Å²) >= 11 is 0. The second-order valence-electron chi connectivity index (χ2n) is 9.36. The maximum absolute atomic E-state index is 12.8. The summed E-state index contributed by atoms with van der Waals surface area (Å²) in [5.41, 5.74) is -1.10. The zero-order valence-corrected chi connectivity index (χ0v) is 20.9. The normalized spacial score (nSPS) is 11.2. The number of phenols is 3. The lowest BCUT2D eigenvalue weighted by atomic mass is 9.99. The van der Waals surface area contributed by atoms with E-state index in [2.05, 4.69) is 6.92 Å². The molecule has 0 bridgehead atoms. The van der Waals surface area contributed by atoms with Gasteiger partial charge in [-0.2, -0.15) is 0 Å². The third-order valence-electron chi connectivity index (χ3n) is 6.53. The maximum Gasteiger partial charge on any atom is 0.238 e. The van der Waals surface area contributed by atoms with Crippen molar-refractivity contribution < 1.29 is 29.6 Å². The van der Waals surface area contributed by atoms with Crippen LogP contribution in [0.25, 0.3) is 22.3 Å². The van der Waals surface area contributed by atoms with Crippen molar-refractivity contribution in [2.24, 2.45) is 0 Å². The highest BCUT2D eigenvalue weighted by atomic mass is 16.4. The molecular weight excluding hydrogens is 460 g/mol. The average molecular weight is 497 g/mol. The van der Waals surface area contributed by atoms with Crippen LogP contribution in [0.15, 0.2) is 39.5 Å². The Labute approximate surface area is 211 Å². The first-order chi connectivity index (χ1) is 17.3. The van der Waals surface area contributed by atoms with Gasteiger partial charge in [-0.05, 0) is 30.7 Å². The molecule has 194 valence electrons. The second kappa shape index (κ2) is 13.0. The largest absolute Gasteiger partial charge is 0.508 e. The topological polar surface area (TPSA) is 128 Å². The minimum atomic E-state index is -0.916. The number of Topliss-reactive ketones (excluding diaryl/α,β-unsaturated/α-hetero) is 1. The summed E-state index contributed by atoms with van der Waals surface area (Å²) in [6, 6.07) is 6.73. The minimum absolute atomic E-state index is 0.00220. The first kappa shape index (κ1) is 27.1. The number of carbonyl (C=O) groups is 1. The number of unbranched alkanes of at least 4 members (excludes halogenated alkanes) is 10. The van der Waals surface area contributed by atoms with Gasteiger partial charge in [0, 0.05) is 18.1 Å². The number of benzene rings is 2. The lowest BCUT2D eigenvalue weighted by molar-refractivity contribution is 0.0974. The van der Waals surface area contributed by atoms with Gasteiger partial charge in [-0.15, -0.1) is 0 Å². The number of hydrogen-bond donors (Lipinski definition) is 4. The van der Waals surface area contributed by atoms with E-state index in [1.807, 2.05) is 0 Å². The van der Waals surface area contributed by atoms with Gasteiger partial charge in [-0.25, -0.2) is 0 Å². The van der Waals surface area contributed by atoms with E-state index in [4.69, 9.17) is 4.42 Å². The predicted molar refractivity (Wildman–Crippen MR) is 140 cm³/mol. The fourth-order valence-corrected chi connectivity index (χ4v) is 4.47. The first-order valence-electron chi connectivity index (χ1n) is 12.9. The van der Waals surface area contributed by atoms with E-state index in [9.17, 15) is 30.0 Å². The molecule has 0 unspecified atom stereocenters. The number of ketones is 1. The molecule has 2 aromatic carbocycles. The SMILES string of the molecule is CCCCCCCCCCCCCC(=O)c1c(O)cc2oc(-c3ccc(O)cc3)c(O)c(=O)c2c1O. The van der Waals surface area contributed by atoms with Crippen molar-refractivity contribution in [3.63, 3.8) is 0 Å². The van der Waals surface area contributed by atoms with Gasteiger partial charge < -0.3 is 24.8 Å². The van der Waals surface area contributed by atoms with E-state index in [-0.39, 0.29) is 34.5 Å². The zero-order chi connectivity index (χ0) is 26.1. The molecule has 0 saturated carbocycles. The Morgan fingerprint density at radius 3 is 1.92 bits per heavy atom. The van der Waals surface area contributed by atoms with Crippen molar-refractivity contribution in [2.75, 3.05) is 0 Å². The number of aromatic hydroxyl groups is 4. The van der Waals surface area contributed by atoms with Gasteiger partial charge in [0.15, 0.2) is 11.5 Å². The molecule has 36 heavy (non-hydrogen) atoms. The molecule has 0 atom stereocenters. The summed E-state index contributed by atoms with van der Waals surface area (Å²) in [6.07, 6.45) is 12.7. The van der Waals surface area contributed by atoms with Crippen molar-refractivity contribution in [3.05, 3.63) is 46.1 Å². The van der Waals surface area contributed by atoms with E-state index in [0.29, 0.717) is 12.0 Å². The molecule has 4 N–H and O–H groups in total. The van der Waals surface area contributed by atoms with Gasteiger partial charge in [0.25, 0.3) is 0 Å². The van der Waals surface area contributed by atoms with Crippen LogP contribution in [0.2, 0.25) is 0 Å². The Bertz CT molecular complexity index is 1230. The summed E-state index contributed by atoms with van der Waals surface area (Å²) in [6.45, 7) is 2.21. The Balaban J connectivity index is 1.63.